The van der Waals surface area contributed by atoms with Gasteiger partial charge in [-0.05, 0) is 49.7 Å². The van der Waals surface area contributed by atoms with E-state index >= 15 is 0 Å². The van der Waals surface area contributed by atoms with Crippen molar-refractivity contribution < 1.29 is 0 Å². The normalized spacial score (nSPS) is 17.6. The molecule has 1 aliphatic heterocycles. The van der Waals surface area contributed by atoms with Gasteiger partial charge >= 0.3 is 0 Å². The van der Waals surface area contributed by atoms with Crippen molar-refractivity contribution in [3.8, 4) is 6.07 Å². The highest BCUT2D eigenvalue weighted by Gasteiger charge is 2.11. The van der Waals surface area contributed by atoms with E-state index in [4.69, 9.17) is 5.26 Å². The molecule has 2 aromatic rings. The van der Waals surface area contributed by atoms with E-state index in [0.717, 1.165) is 17.6 Å². The van der Waals surface area contributed by atoms with Gasteiger partial charge in [0.25, 0.3) is 0 Å². The number of nitrogens with zero attached hydrogens (tertiary/aromatic N) is 2. The van der Waals surface area contributed by atoms with Gasteiger partial charge in [-0.15, -0.1) is 0 Å². The lowest BCUT2D eigenvalue weighted by Crippen LogP contribution is -2.26. The third kappa shape index (κ3) is 2.86. The van der Waals surface area contributed by atoms with E-state index in [-0.39, 0.29) is 0 Å². The van der Waals surface area contributed by atoms with Crippen molar-refractivity contribution in [3.05, 3.63) is 35.5 Å². The minimum Gasteiger partial charge on any atom is -0.361 e. The number of likely N-dealkylation sites (tertiary alicyclic amines) is 1. The third-order valence-corrected chi connectivity index (χ3v) is 4.24. The molecule has 1 aromatic heterocycles. The van der Waals surface area contributed by atoms with Crippen LogP contribution < -0.4 is 0 Å². The standard InChI is InChI=1S/C17H21N3/c18-11-14-6-7-17-16(10-14)15(12-19-17)13-20-8-4-2-1-3-5-9-20/h6-7,10,12,19H,1-5,8-9,13H2. The van der Waals surface area contributed by atoms with Gasteiger partial charge < -0.3 is 4.98 Å². The topological polar surface area (TPSA) is 42.8 Å². The van der Waals surface area contributed by atoms with Crippen molar-refractivity contribution in [1.29, 1.82) is 5.26 Å². The quantitative estimate of drug-likeness (QED) is 0.899. The van der Waals surface area contributed by atoms with Crippen LogP contribution in [-0.2, 0) is 6.54 Å². The molecule has 1 saturated heterocycles. The van der Waals surface area contributed by atoms with Crippen molar-refractivity contribution >= 4 is 10.9 Å². The highest BCUT2D eigenvalue weighted by molar-refractivity contribution is 5.84. The fraction of sp³-hybridized carbons (Fsp3) is 0.471. The largest absolute Gasteiger partial charge is 0.361 e. The lowest BCUT2D eigenvalue weighted by atomic mass is 10.1. The molecule has 0 spiro atoms. The summed E-state index contributed by atoms with van der Waals surface area (Å²) in [5.41, 5.74) is 3.19. The Balaban J connectivity index is 1.80. The Morgan fingerprint density at radius 1 is 1.10 bits per heavy atom. The van der Waals surface area contributed by atoms with Crippen molar-refractivity contribution in [2.75, 3.05) is 13.1 Å². The van der Waals surface area contributed by atoms with Crippen LogP contribution in [0.25, 0.3) is 10.9 Å². The summed E-state index contributed by atoms with van der Waals surface area (Å²) in [5.74, 6) is 0. The van der Waals surface area contributed by atoms with E-state index in [9.17, 15) is 0 Å². The number of fused-ring (bicyclic) bond motifs is 1. The van der Waals surface area contributed by atoms with Crippen LogP contribution in [0.4, 0.5) is 0 Å². The molecule has 1 fully saturated rings. The second kappa shape index (κ2) is 6.11. The summed E-state index contributed by atoms with van der Waals surface area (Å²) in [4.78, 5) is 5.88. The van der Waals surface area contributed by atoms with Gasteiger partial charge in [-0.2, -0.15) is 5.26 Å². The van der Waals surface area contributed by atoms with Gasteiger partial charge in [0, 0.05) is 23.6 Å². The van der Waals surface area contributed by atoms with Gasteiger partial charge in [-0.25, -0.2) is 0 Å². The first kappa shape index (κ1) is 13.2. The van der Waals surface area contributed by atoms with Gasteiger partial charge in [0.15, 0.2) is 0 Å². The first-order valence-corrected chi connectivity index (χ1v) is 7.59. The Labute approximate surface area is 120 Å². The highest BCUT2D eigenvalue weighted by Crippen LogP contribution is 2.22. The molecule has 20 heavy (non-hydrogen) atoms. The molecule has 1 aliphatic rings. The lowest BCUT2D eigenvalue weighted by molar-refractivity contribution is 0.240. The fourth-order valence-corrected chi connectivity index (χ4v) is 3.09. The predicted molar refractivity (Wildman–Crippen MR) is 81.4 cm³/mol. The average molecular weight is 267 g/mol. The number of nitrogens with one attached hydrogen (secondary N) is 1. The van der Waals surface area contributed by atoms with Crippen LogP contribution in [-0.4, -0.2) is 23.0 Å². The third-order valence-electron chi connectivity index (χ3n) is 4.24. The van der Waals surface area contributed by atoms with Crippen LogP contribution in [0.15, 0.2) is 24.4 Å². The second-order valence-electron chi connectivity index (χ2n) is 5.73. The number of aromatic amines is 1. The van der Waals surface area contributed by atoms with Gasteiger partial charge in [-0.3, -0.25) is 4.90 Å². The first-order chi connectivity index (χ1) is 9.86. The summed E-state index contributed by atoms with van der Waals surface area (Å²) in [6, 6.07) is 8.11. The molecule has 0 amide bonds. The monoisotopic (exact) mass is 267 g/mol. The zero-order valence-corrected chi connectivity index (χ0v) is 11.9. The zero-order chi connectivity index (χ0) is 13.8. The molecular formula is C17H21N3. The molecule has 0 bridgehead atoms. The van der Waals surface area contributed by atoms with E-state index in [1.54, 1.807) is 0 Å². The van der Waals surface area contributed by atoms with Crippen LogP contribution in [0.5, 0.6) is 0 Å². The smallest absolute Gasteiger partial charge is 0.0991 e. The molecule has 0 radical (unpaired) electrons. The van der Waals surface area contributed by atoms with Gasteiger partial charge in [0.2, 0.25) is 0 Å². The summed E-state index contributed by atoms with van der Waals surface area (Å²) in [6.45, 7) is 3.39. The van der Waals surface area contributed by atoms with Crippen molar-refractivity contribution in [3.63, 3.8) is 0 Å². The Morgan fingerprint density at radius 2 is 1.85 bits per heavy atom. The van der Waals surface area contributed by atoms with Gasteiger partial charge in [0.1, 0.15) is 0 Å². The molecule has 0 unspecified atom stereocenters. The van der Waals surface area contributed by atoms with Crippen LogP contribution in [0.1, 0.15) is 43.2 Å². The van der Waals surface area contributed by atoms with Crippen LogP contribution >= 0.6 is 0 Å². The highest BCUT2D eigenvalue weighted by atomic mass is 15.1. The zero-order valence-electron chi connectivity index (χ0n) is 11.9. The summed E-state index contributed by atoms with van der Waals surface area (Å²) >= 11 is 0. The summed E-state index contributed by atoms with van der Waals surface area (Å²) < 4.78 is 0. The number of benzene rings is 1. The Bertz CT molecular complexity index is 613. The summed E-state index contributed by atoms with van der Waals surface area (Å²) in [6.07, 6.45) is 8.85. The molecule has 3 heteroatoms. The Morgan fingerprint density at radius 3 is 2.60 bits per heavy atom. The first-order valence-electron chi connectivity index (χ1n) is 7.59. The number of rotatable bonds is 2. The van der Waals surface area contributed by atoms with Gasteiger partial charge in [-0.1, -0.05) is 19.3 Å². The maximum atomic E-state index is 9.04. The Kier molecular flexibility index (Phi) is 4.03. The molecule has 0 atom stereocenters. The summed E-state index contributed by atoms with van der Waals surface area (Å²) in [7, 11) is 0. The number of H-pyrrole nitrogens is 1. The van der Waals surface area contributed by atoms with E-state index in [2.05, 4.69) is 22.1 Å². The molecule has 3 nitrogen and oxygen atoms in total. The van der Waals surface area contributed by atoms with Crippen molar-refractivity contribution in [2.45, 2.75) is 38.6 Å². The second-order valence-corrected chi connectivity index (χ2v) is 5.73. The average Bonchev–Trinajstić information content (AvgIpc) is 2.84. The SMILES string of the molecule is N#Cc1ccc2[nH]cc(CN3CCCCCCC3)c2c1. The number of hydrogen-bond donors (Lipinski definition) is 1. The fourth-order valence-electron chi connectivity index (χ4n) is 3.09. The van der Waals surface area contributed by atoms with Crippen molar-refractivity contribution in [1.82, 2.24) is 9.88 Å². The molecule has 2 heterocycles. The predicted octanol–water partition coefficient (Wildman–Crippen LogP) is 3.81. The minimum atomic E-state index is 0.742. The molecule has 104 valence electrons. The maximum absolute atomic E-state index is 9.04. The van der Waals surface area contributed by atoms with Gasteiger partial charge in [0.05, 0.1) is 11.6 Å². The van der Waals surface area contributed by atoms with E-state index in [1.165, 1.54) is 56.1 Å². The Hall–Kier alpha value is -1.79. The van der Waals surface area contributed by atoms with Crippen LogP contribution in [0.3, 0.4) is 0 Å². The molecule has 0 saturated carbocycles. The van der Waals surface area contributed by atoms with Crippen molar-refractivity contribution in [2.24, 2.45) is 0 Å². The molecule has 1 N–H and O–H groups in total. The molecular weight excluding hydrogens is 246 g/mol. The van der Waals surface area contributed by atoms with Crippen LogP contribution in [0, 0.1) is 11.3 Å². The van der Waals surface area contributed by atoms with Crippen LogP contribution in [0.2, 0.25) is 0 Å². The molecule has 3 rings (SSSR count). The molecule has 1 aromatic carbocycles. The van der Waals surface area contributed by atoms with E-state index in [0.29, 0.717) is 0 Å². The van der Waals surface area contributed by atoms with E-state index in [1.807, 2.05) is 18.2 Å². The minimum absolute atomic E-state index is 0.742. The summed E-state index contributed by atoms with van der Waals surface area (Å²) in [5, 5.41) is 10.2. The number of hydrogen-bond acceptors (Lipinski definition) is 2. The number of nitriles is 1. The van der Waals surface area contributed by atoms with E-state index < -0.39 is 0 Å². The lowest BCUT2D eigenvalue weighted by Gasteiger charge is -2.24. The number of aromatic nitrogens is 1. The molecule has 0 aliphatic carbocycles. The maximum Gasteiger partial charge on any atom is 0.0991 e.